The van der Waals surface area contributed by atoms with Crippen LogP contribution in [0.2, 0.25) is 0 Å². The Labute approximate surface area is 214 Å². The zero-order valence-corrected chi connectivity index (χ0v) is 21.9. The van der Waals surface area contributed by atoms with E-state index in [2.05, 4.69) is 44.0 Å². The highest BCUT2D eigenvalue weighted by Gasteiger charge is 2.23. The maximum atomic E-state index is 12.7. The van der Waals surface area contributed by atoms with Crippen LogP contribution in [0, 0.1) is 10.8 Å². The smallest absolute Gasteiger partial charge is 0.251 e. The number of amides is 1. The van der Waals surface area contributed by atoms with E-state index in [0.29, 0.717) is 41.7 Å². The van der Waals surface area contributed by atoms with E-state index < -0.39 is 0 Å². The number of nitrogens with two attached hydrogens (primary N) is 1. The number of rotatable bonds is 8. The Morgan fingerprint density at radius 2 is 1.81 bits per heavy atom. The molecule has 1 unspecified atom stereocenters. The van der Waals surface area contributed by atoms with Crippen molar-refractivity contribution < 1.29 is 9.53 Å². The number of carbonyl (C=O) groups excluding carboxylic acids is 1. The van der Waals surface area contributed by atoms with Crippen molar-refractivity contribution in [2.75, 3.05) is 32.0 Å². The van der Waals surface area contributed by atoms with Gasteiger partial charge in [-0.2, -0.15) is 0 Å². The first kappa shape index (κ1) is 25.7. The molecule has 0 bridgehead atoms. The van der Waals surface area contributed by atoms with E-state index in [1.807, 2.05) is 30.3 Å². The number of carbonyl (C=O) groups is 1. The van der Waals surface area contributed by atoms with E-state index in [1.165, 1.54) is 12.8 Å². The van der Waals surface area contributed by atoms with Gasteiger partial charge in [0.05, 0.1) is 5.71 Å². The summed E-state index contributed by atoms with van der Waals surface area (Å²) in [5.74, 6) is 0.705. The van der Waals surface area contributed by atoms with E-state index >= 15 is 0 Å². The average molecular weight is 487 g/mol. The first-order chi connectivity index (χ1) is 17.1. The predicted molar refractivity (Wildman–Crippen MR) is 148 cm³/mol. The van der Waals surface area contributed by atoms with E-state index in [4.69, 9.17) is 15.9 Å². The van der Waals surface area contributed by atoms with Crippen molar-refractivity contribution >= 4 is 28.1 Å². The molecule has 36 heavy (non-hydrogen) atoms. The Hall–Kier alpha value is -3.38. The Kier molecular flexibility index (Phi) is 7.65. The molecular formula is C30H38N4O2. The molecule has 6 heteroatoms. The number of nitrogen functional groups attached to an aromatic ring is 1. The van der Waals surface area contributed by atoms with Crippen LogP contribution in [0.5, 0.6) is 5.75 Å². The van der Waals surface area contributed by atoms with Gasteiger partial charge in [-0.1, -0.05) is 45.9 Å². The molecule has 3 aromatic carbocycles. The van der Waals surface area contributed by atoms with Crippen molar-refractivity contribution in [3.05, 3.63) is 71.3 Å². The molecule has 4 rings (SSSR count). The summed E-state index contributed by atoms with van der Waals surface area (Å²) in [6.07, 6.45) is 2.43. The maximum Gasteiger partial charge on any atom is 0.251 e. The lowest BCUT2D eigenvalue weighted by Crippen LogP contribution is -2.33. The average Bonchev–Trinajstić information content (AvgIpc) is 3.32. The number of nitrogens with one attached hydrogen (secondary N) is 2. The number of ether oxygens (including phenoxy) is 1. The van der Waals surface area contributed by atoms with Gasteiger partial charge in [-0.25, -0.2) is 0 Å². The fourth-order valence-corrected chi connectivity index (χ4v) is 4.68. The molecule has 1 saturated heterocycles. The SMILES string of the molecule is CCN1CCCC1COc1ccc2cc(C(=N)c3cc(C(=O)NCC(C)(C)C)ccc3N)ccc2c1. The Morgan fingerprint density at radius 1 is 1.08 bits per heavy atom. The number of hydrogen-bond donors (Lipinski definition) is 3. The second-order valence-corrected chi connectivity index (χ2v) is 10.9. The number of hydrogen-bond acceptors (Lipinski definition) is 5. The van der Waals surface area contributed by atoms with Gasteiger partial charge in [0.2, 0.25) is 0 Å². The molecule has 0 saturated carbocycles. The quantitative estimate of drug-likeness (QED) is 0.291. The van der Waals surface area contributed by atoms with Gasteiger partial charge in [0, 0.05) is 35.0 Å². The molecule has 1 aliphatic rings. The number of likely N-dealkylation sites (N-methyl/N-ethyl adjacent to an activating group) is 1. The van der Waals surface area contributed by atoms with Crippen LogP contribution in [-0.4, -0.2) is 48.8 Å². The Morgan fingerprint density at radius 3 is 2.56 bits per heavy atom. The van der Waals surface area contributed by atoms with Crippen LogP contribution in [0.25, 0.3) is 10.8 Å². The standard InChI is InChI=1S/C30H38N4O2/c1-5-34-14-6-7-24(34)18-36-25-12-10-20-15-22(9-8-21(20)16-25)28(32)26-17-23(11-13-27(26)31)29(35)33-19-30(2,3)4/h8-13,15-17,24,32H,5-7,14,18-19,31H2,1-4H3,(H,33,35). The van der Waals surface area contributed by atoms with Gasteiger partial charge in [0.25, 0.3) is 5.91 Å². The number of anilines is 1. The van der Waals surface area contributed by atoms with Crippen LogP contribution in [0.15, 0.2) is 54.6 Å². The number of likely N-dealkylation sites (tertiary alicyclic amines) is 1. The van der Waals surface area contributed by atoms with Crippen molar-refractivity contribution in [3.63, 3.8) is 0 Å². The van der Waals surface area contributed by atoms with Crippen LogP contribution in [0.1, 0.15) is 62.0 Å². The Balaban J connectivity index is 1.49. The Bertz CT molecular complexity index is 1260. The first-order valence-corrected chi connectivity index (χ1v) is 12.8. The molecule has 6 nitrogen and oxygen atoms in total. The molecule has 1 fully saturated rings. The second kappa shape index (κ2) is 10.7. The summed E-state index contributed by atoms with van der Waals surface area (Å²) in [5, 5.41) is 13.9. The minimum Gasteiger partial charge on any atom is -0.492 e. The zero-order valence-electron chi connectivity index (χ0n) is 21.9. The largest absolute Gasteiger partial charge is 0.492 e. The van der Waals surface area contributed by atoms with Gasteiger partial charge >= 0.3 is 0 Å². The lowest BCUT2D eigenvalue weighted by atomic mass is 9.95. The molecule has 1 amide bonds. The third kappa shape index (κ3) is 6.05. The fraction of sp³-hybridized carbons (Fsp3) is 0.400. The van der Waals surface area contributed by atoms with Gasteiger partial charge in [-0.15, -0.1) is 0 Å². The highest BCUT2D eigenvalue weighted by molar-refractivity contribution is 6.16. The van der Waals surface area contributed by atoms with Gasteiger partial charge in [-0.05, 0) is 78.5 Å². The predicted octanol–water partition coefficient (Wildman–Crippen LogP) is 5.48. The highest BCUT2D eigenvalue weighted by atomic mass is 16.5. The van der Waals surface area contributed by atoms with Gasteiger partial charge in [0.1, 0.15) is 12.4 Å². The lowest BCUT2D eigenvalue weighted by molar-refractivity contribution is 0.0939. The monoisotopic (exact) mass is 486 g/mol. The van der Waals surface area contributed by atoms with Crippen LogP contribution in [0.3, 0.4) is 0 Å². The fourth-order valence-electron chi connectivity index (χ4n) is 4.68. The molecule has 0 aliphatic carbocycles. The van der Waals surface area contributed by atoms with E-state index in [-0.39, 0.29) is 11.3 Å². The molecule has 0 spiro atoms. The third-order valence-electron chi connectivity index (χ3n) is 6.81. The molecule has 0 radical (unpaired) electrons. The maximum absolute atomic E-state index is 12.7. The van der Waals surface area contributed by atoms with Crippen LogP contribution < -0.4 is 15.8 Å². The summed E-state index contributed by atoms with van der Waals surface area (Å²) in [6, 6.07) is 17.6. The van der Waals surface area contributed by atoms with E-state index in [9.17, 15) is 4.79 Å². The summed E-state index contributed by atoms with van der Waals surface area (Å²) in [4.78, 5) is 15.1. The molecule has 190 valence electrons. The lowest BCUT2D eigenvalue weighted by Gasteiger charge is -2.22. The zero-order chi connectivity index (χ0) is 25.9. The molecule has 1 aliphatic heterocycles. The summed E-state index contributed by atoms with van der Waals surface area (Å²) in [6.45, 7) is 11.9. The van der Waals surface area contributed by atoms with Gasteiger partial charge in [-0.3, -0.25) is 15.1 Å². The van der Waals surface area contributed by atoms with Gasteiger partial charge < -0.3 is 15.8 Å². The molecule has 0 aromatic heterocycles. The summed E-state index contributed by atoms with van der Waals surface area (Å²) >= 11 is 0. The van der Waals surface area contributed by atoms with Crippen LogP contribution in [0.4, 0.5) is 5.69 Å². The van der Waals surface area contributed by atoms with Crippen LogP contribution in [-0.2, 0) is 0 Å². The topological polar surface area (TPSA) is 91.4 Å². The van der Waals surface area contributed by atoms with Crippen molar-refractivity contribution in [1.29, 1.82) is 5.41 Å². The first-order valence-electron chi connectivity index (χ1n) is 12.8. The van der Waals surface area contributed by atoms with Crippen molar-refractivity contribution in [1.82, 2.24) is 10.2 Å². The molecule has 1 heterocycles. The molecule has 4 N–H and O–H groups in total. The van der Waals surface area contributed by atoms with E-state index in [1.54, 1.807) is 18.2 Å². The minimum absolute atomic E-state index is 0.0125. The molecular weight excluding hydrogens is 448 g/mol. The van der Waals surface area contributed by atoms with Gasteiger partial charge in [0.15, 0.2) is 0 Å². The summed E-state index contributed by atoms with van der Waals surface area (Å²) in [5.41, 5.74) is 8.77. The second-order valence-electron chi connectivity index (χ2n) is 10.9. The van der Waals surface area contributed by atoms with Crippen molar-refractivity contribution in [3.8, 4) is 5.75 Å². The number of fused-ring (bicyclic) bond motifs is 1. The minimum atomic E-state index is -0.162. The highest BCUT2D eigenvalue weighted by Crippen LogP contribution is 2.26. The molecule has 1 atom stereocenters. The van der Waals surface area contributed by atoms with Crippen LogP contribution >= 0.6 is 0 Å². The normalized spacial score (nSPS) is 16.3. The van der Waals surface area contributed by atoms with Crippen molar-refractivity contribution in [2.45, 2.75) is 46.6 Å². The van der Waals surface area contributed by atoms with Crippen molar-refractivity contribution in [2.24, 2.45) is 5.41 Å². The summed E-state index contributed by atoms with van der Waals surface area (Å²) in [7, 11) is 0. The third-order valence-corrected chi connectivity index (χ3v) is 6.81. The number of benzene rings is 3. The molecule has 3 aromatic rings. The van der Waals surface area contributed by atoms with E-state index in [0.717, 1.165) is 35.2 Å². The number of nitrogens with zero attached hydrogens (tertiary/aromatic N) is 1. The summed E-state index contributed by atoms with van der Waals surface area (Å²) < 4.78 is 6.13.